The van der Waals surface area contributed by atoms with Crippen molar-refractivity contribution in [2.75, 3.05) is 23.4 Å². The van der Waals surface area contributed by atoms with Gasteiger partial charge in [-0.25, -0.2) is 9.78 Å². The molecule has 1 fully saturated rings. The van der Waals surface area contributed by atoms with Crippen LogP contribution in [0, 0.1) is 0 Å². The van der Waals surface area contributed by atoms with Gasteiger partial charge in [0.05, 0.1) is 12.2 Å². The number of hydrogen-bond donors (Lipinski definition) is 1. The van der Waals surface area contributed by atoms with Gasteiger partial charge in [-0.2, -0.15) is 0 Å². The van der Waals surface area contributed by atoms with E-state index in [1.54, 1.807) is 36.1 Å². The van der Waals surface area contributed by atoms with E-state index in [0.29, 0.717) is 36.0 Å². The lowest BCUT2D eigenvalue weighted by atomic mass is 10.2. The Morgan fingerprint density at radius 3 is 2.92 bits per heavy atom. The van der Waals surface area contributed by atoms with Gasteiger partial charge in [0.2, 0.25) is 5.91 Å². The number of ether oxygens (including phenoxy) is 1. The third-order valence-electron chi connectivity index (χ3n) is 3.92. The highest BCUT2D eigenvalue weighted by Gasteiger charge is 2.32. The van der Waals surface area contributed by atoms with Crippen molar-refractivity contribution in [1.29, 1.82) is 0 Å². The maximum absolute atomic E-state index is 12.6. The van der Waals surface area contributed by atoms with E-state index in [4.69, 9.17) is 16.3 Å². The first-order valence-electron chi connectivity index (χ1n) is 8.05. The zero-order chi connectivity index (χ0) is 17.8. The lowest BCUT2D eigenvalue weighted by Crippen LogP contribution is -2.33. The molecule has 1 saturated heterocycles. The van der Waals surface area contributed by atoms with Crippen molar-refractivity contribution in [2.45, 2.75) is 19.4 Å². The molecule has 1 aliphatic heterocycles. The Kier molecular flexibility index (Phi) is 5.19. The molecule has 2 heterocycles. The van der Waals surface area contributed by atoms with Crippen molar-refractivity contribution in [2.24, 2.45) is 0 Å². The number of benzene rings is 1. The zero-order valence-corrected chi connectivity index (χ0v) is 14.5. The van der Waals surface area contributed by atoms with E-state index in [9.17, 15) is 9.59 Å². The third-order valence-corrected chi connectivity index (χ3v) is 4.16. The molecule has 3 rings (SSSR count). The van der Waals surface area contributed by atoms with E-state index in [2.05, 4.69) is 10.3 Å². The Bertz CT molecular complexity index is 779. The number of rotatable bonds is 5. The molecular weight excluding hydrogens is 342 g/mol. The summed E-state index contributed by atoms with van der Waals surface area (Å²) in [6.45, 7) is 2.67. The van der Waals surface area contributed by atoms with Crippen LogP contribution in [-0.2, 0) is 9.53 Å². The molecular formula is C18H18ClN3O3. The Morgan fingerprint density at radius 1 is 1.40 bits per heavy atom. The molecule has 0 radical (unpaired) electrons. The molecule has 1 aromatic heterocycles. The zero-order valence-electron chi connectivity index (χ0n) is 13.7. The summed E-state index contributed by atoms with van der Waals surface area (Å²) in [4.78, 5) is 30.1. The second-order valence-electron chi connectivity index (χ2n) is 5.61. The van der Waals surface area contributed by atoms with Gasteiger partial charge in [0.1, 0.15) is 11.9 Å². The van der Waals surface area contributed by atoms with Crippen molar-refractivity contribution < 1.29 is 14.3 Å². The Hall–Kier alpha value is -2.60. The number of hydrogen-bond acceptors (Lipinski definition) is 5. The number of halogens is 1. The van der Waals surface area contributed by atoms with Crippen LogP contribution in [0.3, 0.4) is 0 Å². The largest absolute Gasteiger partial charge is 0.462 e. The maximum atomic E-state index is 12.6. The predicted octanol–water partition coefficient (Wildman–Crippen LogP) is 3.13. The van der Waals surface area contributed by atoms with Crippen LogP contribution in [0.5, 0.6) is 0 Å². The number of carbonyl (C=O) groups is 2. The first kappa shape index (κ1) is 17.2. The molecule has 1 aromatic carbocycles. The quantitative estimate of drug-likeness (QED) is 0.830. The number of pyridine rings is 1. The Balaban J connectivity index is 1.66. The van der Waals surface area contributed by atoms with E-state index in [0.717, 1.165) is 5.69 Å². The van der Waals surface area contributed by atoms with Crippen LogP contribution in [-0.4, -0.2) is 36.1 Å². The molecule has 130 valence electrons. The summed E-state index contributed by atoms with van der Waals surface area (Å²) in [6, 6.07) is 10.2. The van der Waals surface area contributed by atoms with Crippen molar-refractivity contribution >= 4 is 35.0 Å². The molecule has 1 atom stereocenters. The summed E-state index contributed by atoms with van der Waals surface area (Å²) in [6.07, 6.45) is 2.10. The Labute approximate surface area is 150 Å². The molecule has 0 spiro atoms. The fourth-order valence-electron chi connectivity index (χ4n) is 2.71. The SMILES string of the molecule is CCOC(=O)c1ccc(NC2CCN(c3cccc(Cl)c3)C2=O)nc1. The summed E-state index contributed by atoms with van der Waals surface area (Å²) >= 11 is 6.00. The number of nitrogens with one attached hydrogen (secondary N) is 1. The van der Waals surface area contributed by atoms with Crippen molar-refractivity contribution in [3.05, 3.63) is 53.2 Å². The number of carbonyl (C=O) groups excluding carboxylic acids is 2. The summed E-state index contributed by atoms with van der Waals surface area (Å²) in [5.74, 6) is 0.100. The molecule has 7 heteroatoms. The van der Waals surface area contributed by atoms with Gasteiger partial charge in [-0.1, -0.05) is 17.7 Å². The van der Waals surface area contributed by atoms with Crippen LogP contribution in [0.4, 0.5) is 11.5 Å². The fraction of sp³-hybridized carbons (Fsp3) is 0.278. The molecule has 6 nitrogen and oxygen atoms in total. The van der Waals surface area contributed by atoms with E-state index in [1.807, 2.05) is 12.1 Å². The number of nitrogens with zero attached hydrogens (tertiary/aromatic N) is 2. The van der Waals surface area contributed by atoms with Gasteiger partial charge < -0.3 is 15.0 Å². The Morgan fingerprint density at radius 2 is 2.24 bits per heavy atom. The standard InChI is InChI=1S/C18H18ClN3O3/c1-2-25-18(24)12-6-7-16(20-11-12)21-15-8-9-22(17(15)23)14-5-3-4-13(19)10-14/h3-7,10-11,15H,2,8-9H2,1H3,(H,20,21). The molecule has 0 bridgehead atoms. The van der Waals surface area contributed by atoms with Crippen LogP contribution >= 0.6 is 11.6 Å². The lowest BCUT2D eigenvalue weighted by molar-refractivity contribution is -0.117. The van der Waals surface area contributed by atoms with Crippen LogP contribution in [0.25, 0.3) is 0 Å². The van der Waals surface area contributed by atoms with Crippen LogP contribution < -0.4 is 10.2 Å². The van der Waals surface area contributed by atoms with Crippen molar-refractivity contribution in [3.63, 3.8) is 0 Å². The minimum Gasteiger partial charge on any atom is -0.462 e. The van der Waals surface area contributed by atoms with Crippen LogP contribution in [0.15, 0.2) is 42.6 Å². The first-order valence-corrected chi connectivity index (χ1v) is 8.43. The van der Waals surface area contributed by atoms with Crippen molar-refractivity contribution in [1.82, 2.24) is 4.98 Å². The molecule has 1 N–H and O–H groups in total. The average Bonchev–Trinajstić information content (AvgIpc) is 2.96. The van der Waals surface area contributed by atoms with Gasteiger partial charge in [0.15, 0.2) is 0 Å². The molecule has 1 amide bonds. The summed E-state index contributed by atoms with van der Waals surface area (Å²) in [5.41, 5.74) is 1.16. The molecule has 0 saturated carbocycles. The van der Waals surface area contributed by atoms with E-state index in [-0.39, 0.29) is 11.9 Å². The molecule has 1 aliphatic rings. The van der Waals surface area contributed by atoms with Gasteiger partial charge in [0.25, 0.3) is 0 Å². The minimum absolute atomic E-state index is 0.0291. The summed E-state index contributed by atoms with van der Waals surface area (Å²) in [5, 5.41) is 3.71. The van der Waals surface area contributed by atoms with E-state index in [1.165, 1.54) is 6.20 Å². The lowest BCUT2D eigenvalue weighted by Gasteiger charge is -2.17. The highest BCUT2D eigenvalue weighted by atomic mass is 35.5. The van der Waals surface area contributed by atoms with E-state index >= 15 is 0 Å². The highest BCUT2D eigenvalue weighted by molar-refractivity contribution is 6.31. The fourth-order valence-corrected chi connectivity index (χ4v) is 2.89. The molecule has 25 heavy (non-hydrogen) atoms. The molecule has 2 aromatic rings. The molecule has 1 unspecified atom stereocenters. The first-order chi connectivity index (χ1) is 12.1. The smallest absolute Gasteiger partial charge is 0.339 e. The van der Waals surface area contributed by atoms with Crippen LogP contribution in [0.1, 0.15) is 23.7 Å². The third kappa shape index (κ3) is 3.91. The number of anilines is 2. The number of esters is 1. The van der Waals surface area contributed by atoms with Crippen LogP contribution in [0.2, 0.25) is 5.02 Å². The second kappa shape index (κ2) is 7.53. The number of amides is 1. The van der Waals surface area contributed by atoms with Gasteiger partial charge >= 0.3 is 5.97 Å². The topological polar surface area (TPSA) is 71.5 Å². The predicted molar refractivity (Wildman–Crippen MR) is 96.0 cm³/mol. The second-order valence-corrected chi connectivity index (χ2v) is 6.04. The van der Waals surface area contributed by atoms with Gasteiger partial charge in [-0.05, 0) is 43.7 Å². The van der Waals surface area contributed by atoms with Gasteiger partial charge in [0, 0.05) is 23.5 Å². The summed E-state index contributed by atoms with van der Waals surface area (Å²) < 4.78 is 4.92. The minimum atomic E-state index is -0.411. The van der Waals surface area contributed by atoms with Gasteiger partial charge in [-0.3, -0.25) is 4.79 Å². The van der Waals surface area contributed by atoms with Crippen molar-refractivity contribution in [3.8, 4) is 0 Å². The normalized spacial score (nSPS) is 16.8. The highest BCUT2D eigenvalue weighted by Crippen LogP contribution is 2.25. The number of aromatic nitrogens is 1. The monoisotopic (exact) mass is 359 g/mol. The molecule has 0 aliphatic carbocycles. The maximum Gasteiger partial charge on any atom is 0.339 e. The summed E-state index contributed by atoms with van der Waals surface area (Å²) in [7, 11) is 0. The van der Waals surface area contributed by atoms with E-state index < -0.39 is 5.97 Å². The average molecular weight is 360 g/mol. The van der Waals surface area contributed by atoms with Gasteiger partial charge in [-0.15, -0.1) is 0 Å².